The number of benzene rings is 5. The molecule has 5 aromatic heterocycles. The maximum atomic E-state index is 2.47. The smallest absolute Gasteiger partial charge is 0.0656 e. The molecule has 0 aliphatic rings. The normalized spacial score (nSPS) is 12.9. The third-order valence-electron chi connectivity index (χ3n) is 8.40. The molecule has 170 valence electrons. The van der Waals surface area contributed by atoms with Crippen LogP contribution >= 0.6 is 11.3 Å². The van der Waals surface area contributed by atoms with Gasteiger partial charge in [0.2, 0.25) is 0 Å². The van der Waals surface area contributed by atoms with Gasteiger partial charge in [0.1, 0.15) is 0 Å². The van der Waals surface area contributed by atoms with Gasteiger partial charge in [0.05, 0.1) is 37.8 Å². The lowest BCUT2D eigenvalue weighted by atomic mass is 10.1. The maximum Gasteiger partial charge on any atom is 0.0656 e. The summed E-state index contributed by atoms with van der Waals surface area (Å²) >= 11 is 1.92. The molecule has 0 amide bonds. The molecule has 0 fully saturated rings. The van der Waals surface area contributed by atoms with Crippen molar-refractivity contribution in [3.8, 4) is 10.4 Å². The highest BCUT2D eigenvalue weighted by molar-refractivity contribution is 7.23. The van der Waals surface area contributed by atoms with E-state index in [0.717, 1.165) is 0 Å². The van der Waals surface area contributed by atoms with Crippen molar-refractivity contribution in [2.45, 2.75) is 0 Å². The van der Waals surface area contributed by atoms with Crippen molar-refractivity contribution in [1.29, 1.82) is 0 Å². The second-order valence-corrected chi connectivity index (χ2v) is 11.2. The molecule has 0 aliphatic carbocycles. The minimum Gasteiger partial charge on any atom is -0.308 e. The van der Waals surface area contributed by atoms with Crippen molar-refractivity contribution in [2.24, 2.45) is 0 Å². The van der Waals surface area contributed by atoms with Gasteiger partial charge < -0.3 is 8.80 Å². The van der Waals surface area contributed by atoms with Gasteiger partial charge in [-0.1, -0.05) is 78.9 Å². The minimum atomic E-state index is 1.28. The Bertz CT molecular complexity index is 2520. The first-order valence-corrected chi connectivity index (χ1v) is 13.5. The first-order valence-electron chi connectivity index (χ1n) is 12.7. The van der Waals surface area contributed by atoms with Crippen LogP contribution < -0.4 is 0 Å². The SMILES string of the molecule is c1ccc2c(c1)c1cccc3c4cc(-c5cc6c(s5)c5cccc7c8ccccc8n6c75)ccc4n2c13. The Hall–Kier alpha value is -4.60. The average Bonchev–Trinajstić information content (AvgIpc) is 3.73. The highest BCUT2D eigenvalue weighted by Gasteiger charge is 2.21. The number of hydrogen-bond donors (Lipinski definition) is 0. The summed E-state index contributed by atoms with van der Waals surface area (Å²) < 4.78 is 6.30. The van der Waals surface area contributed by atoms with E-state index < -0.39 is 0 Å². The van der Waals surface area contributed by atoms with Crippen LogP contribution in [0.5, 0.6) is 0 Å². The zero-order valence-corrected chi connectivity index (χ0v) is 20.5. The molecule has 0 bridgehead atoms. The quantitative estimate of drug-likeness (QED) is 0.218. The fourth-order valence-electron chi connectivity index (χ4n) is 6.92. The Morgan fingerprint density at radius 2 is 0.946 bits per heavy atom. The van der Waals surface area contributed by atoms with E-state index in [2.05, 4.69) is 118 Å². The van der Waals surface area contributed by atoms with E-state index in [4.69, 9.17) is 0 Å². The van der Waals surface area contributed by atoms with Gasteiger partial charge in [0.15, 0.2) is 0 Å². The van der Waals surface area contributed by atoms with Crippen molar-refractivity contribution >= 4 is 86.8 Å². The summed E-state index contributed by atoms with van der Waals surface area (Å²) in [4.78, 5) is 1.32. The minimum absolute atomic E-state index is 1.28. The largest absolute Gasteiger partial charge is 0.308 e. The van der Waals surface area contributed by atoms with Crippen molar-refractivity contribution in [2.75, 3.05) is 0 Å². The van der Waals surface area contributed by atoms with Crippen molar-refractivity contribution in [3.05, 3.63) is 109 Å². The summed E-state index contributed by atoms with van der Waals surface area (Å²) in [5, 5.41) is 9.35. The molecule has 5 heterocycles. The second-order valence-electron chi connectivity index (χ2n) is 10.2. The molecule has 0 atom stereocenters. The van der Waals surface area contributed by atoms with E-state index in [1.165, 1.54) is 85.9 Å². The van der Waals surface area contributed by atoms with Crippen LogP contribution in [0.25, 0.3) is 85.9 Å². The summed E-state index contributed by atoms with van der Waals surface area (Å²) in [5.41, 5.74) is 9.14. The molecule has 0 unspecified atom stereocenters. The molecule has 10 rings (SSSR count). The number of rotatable bonds is 1. The van der Waals surface area contributed by atoms with Crippen LogP contribution in [0.3, 0.4) is 0 Å². The third kappa shape index (κ3) is 2.07. The standard InChI is InChI=1S/C34H18N2S/c1-3-13-27-20(7-1)22-9-5-11-24-26-17-19(15-16-29(26)35(27)32(22)24)31-18-30-34(37-31)25-12-6-10-23-21-8-2-4-14-28(21)36(30)33(23)25/h1-18H. The summed E-state index contributed by atoms with van der Waals surface area (Å²) in [6.07, 6.45) is 0. The molecule has 0 N–H and O–H groups in total. The predicted molar refractivity (Wildman–Crippen MR) is 159 cm³/mol. The number of aromatic nitrogens is 2. The van der Waals surface area contributed by atoms with Crippen LogP contribution in [0, 0.1) is 0 Å². The van der Waals surface area contributed by atoms with Crippen LogP contribution in [0.4, 0.5) is 0 Å². The van der Waals surface area contributed by atoms with Gasteiger partial charge in [-0.15, -0.1) is 11.3 Å². The highest BCUT2D eigenvalue weighted by atomic mass is 32.1. The van der Waals surface area contributed by atoms with Crippen molar-refractivity contribution in [3.63, 3.8) is 0 Å². The lowest BCUT2D eigenvalue weighted by Crippen LogP contribution is -1.81. The monoisotopic (exact) mass is 486 g/mol. The molecule has 0 saturated heterocycles. The van der Waals surface area contributed by atoms with Crippen LogP contribution in [0.1, 0.15) is 0 Å². The van der Waals surface area contributed by atoms with Crippen LogP contribution in [0.2, 0.25) is 0 Å². The Morgan fingerprint density at radius 3 is 1.68 bits per heavy atom. The van der Waals surface area contributed by atoms with Crippen LogP contribution in [-0.4, -0.2) is 8.80 Å². The number of hydrogen-bond acceptors (Lipinski definition) is 1. The molecular weight excluding hydrogens is 468 g/mol. The third-order valence-corrected chi connectivity index (χ3v) is 9.61. The average molecular weight is 487 g/mol. The maximum absolute atomic E-state index is 2.47. The fraction of sp³-hybridized carbons (Fsp3) is 0. The van der Waals surface area contributed by atoms with E-state index in [9.17, 15) is 0 Å². The van der Waals surface area contributed by atoms with Crippen LogP contribution in [-0.2, 0) is 0 Å². The van der Waals surface area contributed by atoms with Gasteiger partial charge in [0, 0.05) is 42.6 Å². The van der Waals surface area contributed by atoms with Gasteiger partial charge in [0.25, 0.3) is 0 Å². The Labute approximate surface area is 214 Å². The van der Waals surface area contributed by atoms with Gasteiger partial charge in [-0.3, -0.25) is 0 Å². The molecule has 5 aromatic carbocycles. The lowest BCUT2D eigenvalue weighted by Gasteiger charge is -2.01. The molecule has 2 nitrogen and oxygen atoms in total. The first-order chi connectivity index (χ1) is 18.4. The second kappa shape index (κ2) is 6.20. The summed E-state index contributed by atoms with van der Waals surface area (Å²) in [6, 6.07) is 40.5. The Morgan fingerprint density at radius 1 is 0.405 bits per heavy atom. The fourth-order valence-corrected chi connectivity index (χ4v) is 8.09. The van der Waals surface area contributed by atoms with Crippen molar-refractivity contribution < 1.29 is 0 Å². The zero-order chi connectivity index (χ0) is 23.8. The van der Waals surface area contributed by atoms with Gasteiger partial charge in [-0.05, 0) is 35.9 Å². The summed E-state index contributed by atoms with van der Waals surface area (Å²) in [5.74, 6) is 0. The number of thiophene rings is 1. The number of nitrogens with zero attached hydrogens (tertiary/aromatic N) is 2. The molecule has 0 radical (unpaired) electrons. The van der Waals surface area contributed by atoms with E-state index >= 15 is 0 Å². The van der Waals surface area contributed by atoms with E-state index in [1.54, 1.807) is 0 Å². The molecule has 0 saturated carbocycles. The van der Waals surface area contributed by atoms with E-state index in [0.29, 0.717) is 0 Å². The Kier molecular flexibility index (Phi) is 3.12. The summed E-state index contributed by atoms with van der Waals surface area (Å²) in [6.45, 7) is 0. The number of fused-ring (bicyclic) bond motifs is 12. The van der Waals surface area contributed by atoms with Crippen LogP contribution in [0.15, 0.2) is 109 Å². The topological polar surface area (TPSA) is 8.82 Å². The Balaban J connectivity index is 1.29. The molecular formula is C34H18N2S. The van der Waals surface area contributed by atoms with Gasteiger partial charge >= 0.3 is 0 Å². The summed E-state index contributed by atoms with van der Waals surface area (Å²) in [7, 11) is 0. The van der Waals surface area contributed by atoms with Crippen molar-refractivity contribution in [1.82, 2.24) is 8.80 Å². The molecule has 0 aliphatic heterocycles. The van der Waals surface area contributed by atoms with Gasteiger partial charge in [-0.25, -0.2) is 0 Å². The zero-order valence-electron chi connectivity index (χ0n) is 19.7. The van der Waals surface area contributed by atoms with E-state index in [1.807, 2.05) is 11.3 Å². The molecule has 3 heteroatoms. The first kappa shape index (κ1) is 18.6. The molecule has 10 aromatic rings. The highest BCUT2D eigenvalue weighted by Crippen LogP contribution is 2.46. The molecule has 37 heavy (non-hydrogen) atoms. The van der Waals surface area contributed by atoms with Gasteiger partial charge in [-0.2, -0.15) is 0 Å². The van der Waals surface area contributed by atoms with E-state index in [-0.39, 0.29) is 0 Å². The predicted octanol–water partition coefficient (Wildman–Crippen LogP) is 9.72. The molecule has 0 spiro atoms. The lowest BCUT2D eigenvalue weighted by molar-refractivity contribution is 1.37. The number of para-hydroxylation sites is 4.